The molecule has 0 aromatic rings. The van der Waals surface area contributed by atoms with Crippen molar-refractivity contribution in [3.8, 4) is 0 Å². The minimum atomic E-state index is -0.241. The second-order valence-electron chi connectivity index (χ2n) is 2.03. The van der Waals surface area contributed by atoms with Gasteiger partial charge in [0.2, 0.25) is 0 Å². The highest BCUT2D eigenvalue weighted by molar-refractivity contribution is 6.35. The van der Waals surface area contributed by atoms with Crippen LogP contribution in [0.1, 0.15) is 6.42 Å². The van der Waals surface area contributed by atoms with Crippen LogP contribution in [-0.4, -0.2) is 11.7 Å². The van der Waals surface area contributed by atoms with Crippen molar-refractivity contribution in [2.45, 2.75) is 11.8 Å². The summed E-state index contributed by atoms with van der Waals surface area (Å²) in [6, 6.07) is 0. The van der Waals surface area contributed by atoms with E-state index in [0.717, 1.165) is 0 Å². The van der Waals surface area contributed by atoms with Crippen molar-refractivity contribution >= 4 is 29.5 Å². The Morgan fingerprint density at radius 1 is 1.70 bits per heavy atom. The Morgan fingerprint density at radius 2 is 2.40 bits per heavy atom. The molecule has 0 aliphatic heterocycles. The predicted octanol–water partition coefficient (Wildman–Crippen LogP) is 2.25. The lowest BCUT2D eigenvalue weighted by Crippen LogP contribution is -2.07. The Labute approximate surface area is 69.3 Å². The van der Waals surface area contributed by atoms with Gasteiger partial charge < -0.3 is 0 Å². The van der Waals surface area contributed by atoms with Crippen LogP contribution in [0.2, 0.25) is 0 Å². The Morgan fingerprint density at radius 3 is 2.80 bits per heavy atom. The topological polar surface area (TPSA) is 17.1 Å². The summed E-state index contributed by atoms with van der Waals surface area (Å²) >= 11 is 11.4. The van der Waals surface area contributed by atoms with Gasteiger partial charge >= 0.3 is 0 Å². The number of hydrogen-bond donors (Lipinski definition) is 0. The van der Waals surface area contributed by atoms with E-state index >= 15 is 0 Å². The molecule has 0 N–H and O–H groups in total. The lowest BCUT2D eigenvalue weighted by atomic mass is 10.1. The first-order chi connectivity index (χ1) is 4.75. The predicted molar refractivity (Wildman–Crippen MR) is 42.3 cm³/mol. The van der Waals surface area contributed by atoms with Crippen LogP contribution in [0.25, 0.3) is 0 Å². The fraction of sp³-hybridized carbons (Fsp3) is 0.286. The van der Waals surface area contributed by atoms with Gasteiger partial charge in [-0.1, -0.05) is 17.7 Å². The summed E-state index contributed by atoms with van der Waals surface area (Å²) in [6.45, 7) is 0. The third-order valence-electron chi connectivity index (χ3n) is 1.35. The summed E-state index contributed by atoms with van der Waals surface area (Å²) in [5, 5.41) is 0.219. The molecule has 1 atom stereocenters. The van der Waals surface area contributed by atoms with Gasteiger partial charge in [-0.25, -0.2) is 0 Å². The van der Waals surface area contributed by atoms with Gasteiger partial charge in [0.15, 0.2) is 0 Å². The van der Waals surface area contributed by atoms with Crippen LogP contribution in [-0.2, 0) is 4.79 Å². The van der Waals surface area contributed by atoms with Crippen molar-refractivity contribution < 1.29 is 4.79 Å². The van der Waals surface area contributed by atoms with Crippen molar-refractivity contribution in [1.29, 1.82) is 0 Å². The normalized spacial score (nSPS) is 25.2. The molecule has 0 fully saturated rings. The van der Waals surface area contributed by atoms with Gasteiger partial charge in [0.1, 0.15) is 6.29 Å². The summed E-state index contributed by atoms with van der Waals surface area (Å²) in [6.07, 6.45) is 4.95. The van der Waals surface area contributed by atoms with Crippen molar-refractivity contribution in [2.75, 3.05) is 0 Å². The Kier molecular flexibility index (Phi) is 2.52. The van der Waals surface area contributed by atoms with E-state index in [1.54, 1.807) is 6.08 Å². The Bertz CT molecular complexity index is 206. The minimum Gasteiger partial charge on any atom is -0.298 e. The highest BCUT2D eigenvalue weighted by Gasteiger charge is 2.15. The molecule has 0 bridgehead atoms. The van der Waals surface area contributed by atoms with Gasteiger partial charge in [0.05, 0.1) is 5.38 Å². The molecule has 0 aromatic heterocycles. The minimum absolute atomic E-state index is 0.241. The average molecular weight is 177 g/mol. The van der Waals surface area contributed by atoms with E-state index in [1.165, 1.54) is 0 Å². The van der Waals surface area contributed by atoms with Crippen LogP contribution in [0.15, 0.2) is 22.8 Å². The van der Waals surface area contributed by atoms with Crippen molar-refractivity contribution in [2.24, 2.45) is 0 Å². The number of rotatable bonds is 1. The molecular weight excluding hydrogens is 171 g/mol. The van der Waals surface area contributed by atoms with Gasteiger partial charge in [-0.2, -0.15) is 0 Å². The Hall–Kier alpha value is -0.270. The highest BCUT2D eigenvalue weighted by atomic mass is 35.5. The number of carbonyl (C=O) groups excluding carboxylic acids is 1. The molecule has 0 saturated carbocycles. The number of alkyl halides is 1. The van der Waals surface area contributed by atoms with E-state index < -0.39 is 0 Å². The second kappa shape index (κ2) is 3.22. The van der Waals surface area contributed by atoms with E-state index in [0.29, 0.717) is 23.3 Å². The van der Waals surface area contributed by atoms with Crippen LogP contribution in [0.3, 0.4) is 0 Å². The molecule has 1 rings (SSSR count). The van der Waals surface area contributed by atoms with Crippen LogP contribution in [0.4, 0.5) is 0 Å². The quantitative estimate of drug-likeness (QED) is 0.443. The summed E-state index contributed by atoms with van der Waals surface area (Å²) in [5.41, 5.74) is 0.492. The smallest absolute Gasteiger partial charge is 0.149 e. The Balaban J connectivity index is 2.94. The third kappa shape index (κ3) is 1.41. The molecule has 0 spiro atoms. The second-order valence-corrected chi connectivity index (χ2v) is 2.96. The molecule has 0 heterocycles. The lowest BCUT2D eigenvalue weighted by molar-refractivity contribution is -0.105. The number of carbonyl (C=O) groups is 1. The lowest BCUT2D eigenvalue weighted by Gasteiger charge is -2.10. The van der Waals surface area contributed by atoms with Gasteiger partial charge in [0, 0.05) is 10.6 Å². The monoisotopic (exact) mass is 176 g/mol. The summed E-state index contributed by atoms with van der Waals surface area (Å²) < 4.78 is 0. The maximum Gasteiger partial charge on any atom is 0.149 e. The molecule has 1 nitrogen and oxygen atoms in total. The number of allylic oxidation sites excluding steroid dienone is 4. The van der Waals surface area contributed by atoms with Gasteiger partial charge in [-0.05, 0) is 12.5 Å². The maximum absolute atomic E-state index is 10.3. The number of halogens is 2. The number of aldehydes is 1. The molecule has 1 unspecified atom stereocenters. The largest absolute Gasteiger partial charge is 0.298 e. The van der Waals surface area contributed by atoms with Gasteiger partial charge in [-0.15, -0.1) is 11.6 Å². The molecule has 0 saturated heterocycles. The fourth-order valence-corrected chi connectivity index (χ4v) is 1.39. The molecule has 54 valence electrons. The summed E-state index contributed by atoms with van der Waals surface area (Å²) in [5.74, 6) is 0. The maximum atomic E-state index is 10.3. The van der Waals surface area contributed by atoms with Crippen LogP contribution in [0.5, 0.6) is 0 Å². The molecule has 1 aliphatic carbocycles. The van der Waals surface area contributed by atoms with Crippen molar-refractivity contribution in [1.82, 2.24) is 0 Å². The first kappa shape index (κ1) is 7.83. The average Bonchev–Trinajstić information content (AvgIpc) is 1.88. The van der Waals surface area contributed by atoms with E-state index in [9.17, 15) is 4.79 Å². The van der Waals surface area contributed by atoms with Crippen LogP contribution < -0.4 is 0 Å². The summed E-state index contributed by atoms with van der Waals surface area (Å²) in [7, 11) is 0. The molecule has 0 amide bonds. The van der Waals surface area contributed by atoms with Gasteiger partial charge in [-0.3, -0.25) is 4.79 Å². The van der Waals surface area contributed by atoms with E-state index in [4.69, 9.17) is 23.2 Å². The van der Waals surface area contributed by atoms with Crippen molar-refractivity contribution in [3.05, 3.63) is 22.8 Å². The van der Waals surface area contributed by atoms with Crippen molar-refractivity contribution in [3.63, 3.8) is 0 Å². The molecule has 3 heteroatoms. The zero-order valence-corrected chi connectivity index (χ0v) is 6.69. The van der Waals surface area contributed by atoms with Crippen LogP contribution >= 0.6 is 23.2 Å². The van der Waals surface area contributed by atoms with Crippen LogP contribution in [0, 0.1) is 0 Å². The standard InChI is InChI=1S/C7H6Cl2O/c8-6-2-1-3-7(9)5(6)4-10/h1-2,4,7H,3H2. The first-order valence-corrected chi connectivity index (χ1v) is 3.72. The number of hydrogen-bond acceptors (Lipinski definition) is 1. The van der Waals surface area contributed by atoms with Gasteiger partial charge in [0.25, 0.3) is 0 Å². The fourth-order valence-electron chi connectivity index (χ4n) is 0.794. The highest BCUT2D eigenvalue weighted by Crippen LogP contribution is 2.24. The molecule has 0 radical (unpaired) electrons. The van der Waals surface area contributed by atoms with E-state index in [-0.39, 0.29) is 5.38 Å². The van der Waals surface area contributed by atoms with E-state index in [1.807, 2.05) is 6.08 Å². The first-order valence-electron chi connectivity index (χ1n) is 2.91. The summed E-state index contributed by atoms with van der Waals surface area (Å²) in [4.78, 5) is 10.3. The zero-order valence-electron chi connectivity index (χ0n) is 5.18. The SMILES string of the molecule is O=CC1=C(Cl)C=CCC1Cl. The third-order valence-corrected chi connectivity index (χ3v) is 2.10. The molecule has 1 aliphatic rings. The molecule has 10 heavy (non-hydrogen) atoms. The van der Waals surface area contributed by atoms with E-state index in [2.05, 4.69) is 0 Å². The zero-order chi connectivity index (χ0) is 7.56. The molecule has 0 aromatic carbocycles. The molecular formula is C7H6Cl2O.